The molecule has 2 aromatic carbocycles. The van der Waals surface area contributed by atoms with Gasteiger partial charge in [-0.25, -0.2) is 17.4 Å². The topological polar surface area (TPSA) is 97.2 Å². The van der Waals surface area contributed by atoms with Crippen molar-refractivity contribution in [3.8, 4) is 0 Å². The monoisotopic (exact) mass is 631 g/mol. The second kappa shape index (κ2) is 12.0. The average molecular weight is 632 g/mol. The van der Waals surface area contributed by atoms with Gasteiger partial charge in [0.2, 0.25) is 5.91 Å². The van der Waals surface area contributed by atoms with Crippen LogP contribution in [-0.2, 0) is 25.0 Å². The molecule has 7 nitrogen and oxygen atoms in total. The number of nitrogens with one attached hydrogen (secondary N) is 1. The summed E-state index contributed by atoms with van der Waals surface area (Å²) in [4.78, 5) is 29.2. The van der Waals surface area contributed by atoms with Gasteiger partial charge in [-0.3, -0.25) is 9.59 Å². The smallest absolute Gasteiger partial charge is 0.374 e. The molecule has 0 radical (unpaired) electrons. The lowest BCUT2D eigenvalue weighted by atomic mass is 9.86. The third-order valence-electron chi connectivity index (χ3n) is 5.86. The van der Waals surface area contributed by atoms with Gasteiger partial charge >= 0.3 is 6.18 Å². The number of oxime groups is 1. The first-order valence-corrected chi connectivity index (χ1v) is 14.2. The minimum Gasteiger partial charge on any atom is -0.374 e. The summed E-state index contributed by atoms with van der Waals surface area (Å²) in [5.41, 5.74) is -3.28. The highest BCUT2D eigenvalue weighted by Crippen LogP contribution is 2.50. The van der Waals surface area contributed by atoms with Gasteiger partial charge in [0.25, 0.3) is 17.9 Å². The maximum absolute atomic E-state index is 14.2. The molecule has 2 amide bonds. The number of carbonyl (C=O) groups is 2. The minimum atomic E-state index is -5.01. The van der Waals surface area contributed by atoms with Gasteiger partial charge in [-0.2, -0.15) is 17.5 Å². The number of aryl methyl sites for hydroxylation is 1. The van der Waals surface area contributed by atoms with Crippen molar-refractivity contribution in [2.24, 2.45) is 9.52 Å². The Morgan fingerprint density at radius 1 is 1.20 bits per heavy atom. The lowest BCUT2D eigenvalue weighted by molar-refractivity contribution is -0.275. The number of halogens is 8. The molecule has 1 aliphatic heterocycles. The fourth-order valence-electron chi connectivity index (χ4n) is 3.76. The normalized spacial score (nSPS) is 18.6. The molecule has 3 rings (SSSR count). The van der Waals surface area contributed by atoms with Gasteiger partial charge in [-0.1, -0.05) is 34.4 Å². The highest BCUT2D eigenvalue weighted by molar-refractivity contribution is 7.93. The number of rotatable bonds is 8. The molecule has 0 aromatic heterocycles. The van der Waals surface area contributed by atoms with Crippen molar-refractivity contribution >= 4 is 50.5 Å². The first-order chi connectivity index (χ1) is 18.5. The second-order valence-corrected chi connectivity index (χ2v) is 12.2. The summed E-state index contributed by atoms with van der Waals surface area (Å²) in [5, 5.41) is 4.29. The highest BCUT2D eigenvalue weighted by Gasteiger charge is 2.62. The molecule has 40 heavy (non-hydrogen) atoms. The zero-order valence-electron chi connectivity index (χ0n) is 20.8. The van der Waals surface area contributed by atoms with Crippen LogP contribution in [0.4, 0.5) is 26.3 Å². The van der Waals surface area contributed by atoms with Gasteiger partial charge in [0, 0.05) is 36.0 Å². The number of benzene rings is 2. The molecule has 2 aromatic rings. The van der Waals surface area contributed by atoms with Crippen molar-refractivity contribution in [2.75, 3.05) is 18.6 Å². The van der Waals surface area contributed by atoms with Crippen LogP contribution in [0, 0.1) is 12.7 Å². The molecule has 1 N–H and O–H groups in total. The number of nitrogens with zero attached hydrogens (tertiary/aromatic N) is 2. The molecule has 1 heterocycles. The molecule has 0 bridgehead atoms. The van der Waals surface area contributed by atoms with E-state index in [-0.39, 0.29) is 28.2 Å². The predicted molar refractivity (Wildman–Crippen MR) is 137 cm³/mol. The lowest BCUT2D eigenvalue weighted by Gasteiger charge is -2.29. The lowest BCUT2D eigenvalue weighted by Crippen LogP contribution is -2.42. The Morgan fingerprint density at radius 3 is 2.38 bits per heavy atom. The van der Waals surface area contributed by atoms with Crippen molar-refractivity contribution in [3.63, 3.8) is 0 Å². The standard InChI is InChI=1S/C24H21Cl2F6N3O4S/c1-12-7-13(3-4-15(12)22(37)35-40(2,38)6-5-20(36)33-11-19(27)28)18-10-23(39-34-18,24(30,31)32)14-8-16(25)21(29)17(26)9-14/h3-4,7-9,19H,5-6,10-11H2,1-2H3,(H,33,36). The number of amides is 2. The molecule has 0 fully saturated rings. The summed E-state index contributed by atoms with van der Waals surface area (Å²) >= 11 is 11.4. The van der Waals surface area contributed by atoms with Crippen LogP contribution in [0.5, 0.6) is 0 Å². The summed E-state index contributed by atoms with van der Waals surface area (Å²) in [5.74, 6) is -3.14. The quantitative estimate of drug-likeness (QED) is 0.284. The van der Waals surface area contributed by atoms with Crippen LogP contribution in [0.15, 0.2) is 39.9 Å². The van der Waals surface area contributed by atoms with Crippen LogP contribution in [0.1, 0.15) is 39.9 Å². The Morgan fingerprint density at radius 2 is 1.82 bits per heavy atom. The molecule has 16 heteroatoms. The van der Waals surface area contributed by atoms with Crippen LogP contribution in [0.2, 0.25) is 10.0 Å². The van der Waals surface area contributed by atoms with E-state index in [1.54, 1.807) is 0 Å². The van der Waals surface area contributed by atoms with Crippen LogP contribution in [-0.4, -0.2) is 52.9 Å². The van der Waals surface area contributed by atoms with Crippen molar-refractivity contribution in [1.82, 2.24) is 5.32 Å². The average Bonchev–Trinajstić information content (AvgIpc) is 3.31. The van der Waals surface area contributed by atoms with Crippen LogP contribution in [0.25, 0.3) is 0 Å². The number of alkyl halides is 5. The van der Waals surface area contributed by atoms with Crippen molar-refractivity contribution in [3.05, 3.63) is 68.4 Å². The summed E-state index contributed by atoms with van der Waals surface area (Å²) in [6, 6.07) is 5.42. The fraction of sp³-hybridized carbons (Fsp3) is 0.375. The van der Waals surface area contributed by atoms with Crippen molar-refractivity contribution < 1.29 is 45.0 Å². The molecule has 0 saturated carbocycles. The molecule has 0 aliphatic carbocycles. The molecule has 218 valence electrons. The number of hydrogen-bond donors (Lipinski definition) is 1. The SMILES string of the molecule is Cc1cc(C2=NOC(c3cc(Cl)c(F)c(Cl)c3)(C(F)(F)F)C2)ccc1C(=O)N=S(C)(=O)CCC(=O)NCC(F)F. The maximum Gasteiger partial charge on any atom is 0.435 e. The Hall–Kier alpha value is -2.84. The summed E-state index contributed by atoms with van der Waals surface area (Å²) in [7, 11) is -3.22. The fourth-order valence-corrected chi connectivity index (χ4v) is 5.35. The second-order valence-electron chi connectivity index (χ2n) is 8.92. The van der Waals surface area contributed by atoms with E-state index in [1.165, 1.54) is 25.1 Å². The molecule has 0 spiro atoms. The van der Waals surface area contributed by atoms with Gasteiger partial charge in [0.05, 0.1) is 32.0 Å². The Kier molecular flexibility index (Phi) is 9.47. The zero-order chi connectivity index (χ0) is 30.0. The molecule has 0 saturated heterocycles. The van der Waals surface area contributed by atoms with E-state index < -0.39 is 80.6 Å². The minimum absolute atomic E-state index is 0.0147. The van der Waals surface area contributed by atoms with Crippen molar-refractivity contribution in [2.45, 2.75) is 38.0 Å². The summed E-state index contributed by atoms with van der Waals surface area (Å²) < 4.78 is 97.2. The van der Waals surface area contributed by atoms with Crippen LogP contribution < -0.4 is 5.32 Å². The maximum atomic E-state index is 14.2. The number of hydrogen-bond acceptors (Lipinski definition) is 5. The van der Waals surface area contributed by atoms with Gasteiger partial charge in [-0.05, 0) is 42.3 Å². The third-order valence-corrected chi connectivity index (χ3v) is 7.93. The predicted octanol–water partition coefficient (Wildman–Crippen LogP) is 6.03. The van der Waals surface area contributed by atoms with Gasteiger partial charge < -0.3 is 10.2 Å². The molecule has 1 aliphatic rings. The molecule has 2 unspecified atom stereocenters. The highest BCUT2D eigenvalue weighted by atomic mass is 35.5. The van der Waals surface area contributed by atoms with E-state index in [0.29, 0.717) is 0 Å². The summed E-state index contributed by atoms with van der Waals surface area (Å²) in [6.45, 7) is 0.603. The van der Waals surface area contributed by atoms with E-state index >= 15 is 0 Å². The Balaban J connectivity index is 1.81. The molecular weight excluding hydrogens is 611 g/mol. The first-order valence-electron chi connectivity index (χ1n) is 11.3. The summed E-state index contributed by atoms with van der Waals surface area (Å²) in [6.07, 6.45) is -7.85. The van der Waals surface area contributed by atoms with Gasteiger partial charge in [-0.15, -0.1) is 0 Å². The first kappa shape index (κ1) is 31.7. The molecular formula is C24H21Cl2F6N3O4S. The van der Waals surface area contributed by atoms with Crippen molar-refractivity contribution in [1.29, 1.82) is 0 Å². The van der Waals surface area contributed by atoms with Crippen LogP contribution >= 0.6 is 23.2 Å². The van der Waals surface area contributed by atoms with E-state index in [0.717, 1.165) is 18.4 Å². The van der Waals surface area contributed by atoms with E-state index in [4.69, 9.17) is 28.0 Å². The third kappa shape index (κ3) is 7.07. The molecule has 2 atom stereocenters. The van der Waals surface area contributed by atoms with Gasteiger partial charge in [0.15, 0.2) is 5.82 Å². The number of carbonyl (C=O) groups excluding carboxylic acids is 2. The van der Waals surface area contributed by atoms with E-state index in [2.05, 4.69) is 9.52 Å². The van der Waals surface area contributed by atoms with E-state index in [1.807, 2.05) is 5.32 Å². The Bertz CT molecular complexity index is 1470. The Labute approximate surface area is 235 Å². The van der Waals surface area contributed by atoms with Gasteiger partial charge in [0.1, 0.15) is 0 Å². The largest absolute Gasteiger partial charge is 0.435 e. The van der Waals surface area contributed by atoms with E-state index in [9.17, 15) is 40.1 Å². The zero-order valence-corrected chi connectivity index (χ0v) is 23.1. The van der Waals surface area contributed by atoms with Crippen LogP contribution in [0.3, 0.4) is 0 Å².